The number of aliphatic hydroxyl groups is 3. The Labute approximate surface area is 361 Å². The van der Waals surface area contributed by atoms with Gasteiger partial charge in [-0.1, -0.05) is 73.1 Å². The quantitative estimate of drug-likeness (QED) is 0.0494. The average molecular weight is 849 g/mol. The number of ether oxygens (including phenoxy) is 6. The van der Waals surface area contributed by atoms with Crippen molar-refractivity contribution in [1.82, 2.24) is 4.90 Å². The van der Waals surface area contributed by atoms with Crippen LogP contribution in [-0.4, -0.2) is 115 Å². The van der Waals surface area contributed by atoms with Crippen molar-refractivity contribution in [3.8, 4) is 11.5 Å². The molecule has 6 atom stereocenters. The van der Waals surface area contributed by atoms with E-state index in [2.05, 4.69) is 19.2 Å². The molecule has 1 saturated carbocycles. The largest absolute Gasteiger partial charge is 0.490 e. The topological polar surface area (TPSA) is 158 Å². The maximum Gasteiger partial charge on any atom is 0.410 e. The van der Waals surface area contributed by atoms with Gasteiger partial charge in [-0.3, -0.25) is 4.90 Å². The fraction of sp³-hybridized carbons (Fsp3) is 0.583. The number of benzene rings is 2. The van der Waals surface area contributed by atoms with E-state index in [1.807, 2.05) is 69.3 Å². The first-order valence-electron chi connectivity index (χ1n) is 21.8. The van der Waals surface area contributed by atoms with E-state index in [4.69, 9.17) is 38.4 Å². The minimum Gasteiger partial charge on any atom is -0.490 e. The highest BCUT2D eigenvalue weighted by molar-refractivity contribution is 6.03. The van der Waals surface area contributed by atoms with E-state index in [1.54, 1.807) is 17.1 Å². The van der Waals surface area contributed by atoms with Crippen LogP contribution in [0.4, 0.5) is 4.79 Å². The van der Waals surface area contributed by atoms with Gasteiger partial charge in [-0.05, 0) is 87.6 Å². The summed E-state index contributed by atoms with van der Waals surface area (Å²) in [6.07, 6.45) is 9.82. The summed E-state index contributed by atoms with van der Waals surface area (Å²) in [4.78, 5) is 22.4. The second kappa shape index (κ2) is 23.8. The molecule has 6 unspecified atom stereocenters. The number of allylic oxidation sites excluding steroid dienone is 1. The second-order valence-corrected chi connectivity index (χ2v) is 16.8. The van der Waals surface area contributed by atoms with Gasteiger partial charge in [-0.2, -0.15) is 0 Å². The fourth-order valence-electron chi connectivity index (χ4n) is 8.82. The van der Waals surface area contributed by atoms with Crippen LogP contribution in [0.3, 0.4) is 0 Å². The van der Waals surface area contributed by atoms with Crippen molar-refractivity contribution in [3.63, 3.8) is 0 Å². The number of carbonyl (C=O) groups is 1. The average Bonchev–Trinajstić information content (AvgIpc) is 3.25. The van der Waals surface area contributed by atoms with Crippen LogP contribution in [0.1, 0.15) is 82.8 Å². The third-order valence-electron chi connectivity index (χ3n) is 11.3. The van der Waals surface area contributed by atoms with Gasteiger partial charge in [0.05, 0.1) is 51.3 Å². The number of carbonyl (C=O) groups excluding carboxylic acids is 1. The van der Waals surface area contributed by atoms with Gasteiger partial charge in [-0.15, -0.1) is 6.58 Å². The molecule has 0 bridgehead atoms. The van der Waals surface area contributed by atoms with Gasteiger partial charge in [0.15, 0.2) is 0 Å². The van der Waals surface area contributed by atoms with Crippen molar-refractivity contribution >= 4 is 11.8 Å². The molecule has 1 fully saturated rings. The van der Waals surface area contributed by atoms with Gasteiger partial charge in [0, 0.05) is 37.7 Å². The zero-order valence-corrected chi connectivity index (χ0v) is 36.4. The molecule has 2 aliphatic carbocycles. The van der Waals surface area contributed by atoms with Gasteiger partial charge >= 0.3 is 6.09 Å². The molecule has 2 aromatic rings. The van der Waals surface area contributed by atoms with Crippen molar-refractivity contribution in [2.75, 3.05) is 66.0 Å². The van der Waals surface area contributed by atoms with Crippen LogP contribution >= 0.6 is 0 Å². The summed E-state index contributed by atoms with van der Waals surface area (Å²) >= 11 is 0. The van der Waals surface area contributed by atoms with Crippen LogP contribution < -0.4 is 9.47 Å². The van der Waals surface area contributed by atoms with Crippen LogP contribution in [0.15, 0.2) is 90.6 Å². The Morgan fingerprint density at radius 3 is 2.38 bits per heavy atom. The standard InChI is InChI=1S/C48H68N2O11/c1-6-25-57-37-19-20-42-40(32-37)44-38(18-12-14-23-52)36(17-11-13-22-51)31-39-41(49-61-47(3,4)5)33-43(48(60-42,45(39)44)59-26-7-2)50(21-27-55-28-24-53)46(54)58-30-29-56-34-35-15-9-8-10-16-35/h6-10,15-16,19-20,31-32,36,38,43-45,51-53H,1-2,11-14,17-18,21-30,33-34H2,3-5H3. The van der Waals surface area contributed by atoms with Gasteiger partial charge < -0.3 is 48.6 Å². The molecule has 13 heteroatoms. The van der Waals surface area contributed by atoms with Crippen LogP contribution in [0.25, 0.3) is 0 Å². The van der Waals surface area contributed by atoms with Crippen LogP contribution in [-0.2, 0) is 30.4 Å². The number of oxime groups is 1. The van der Waals surface area contributed by atoms with Crippen LogP contribution in [0, 0.1) is 17.8 Å². The summed E-state index contributed by atoms with van der Waals surface area (Å²) in [7, 11) is 0. The maximum atomic E-state index is 14.6. The fourth-order valence-corrected chi connectivity index (χ4v) is 8.82. The normalized spacial score (nSPS) is 23.5. The highest BCUT2D eigenvalue weighted by Crippen LogP contribution is 2.62. The molecule has 5 rings (SSSR count). The van der Waals surface area contributed by atoms with E-state index < -0.39 is 29.4 Å². The van der Waals surface area contributed by atoms with E-state index in [0.29, 0.717) is 43.3 Å². The summed E-state index contributed by atoms with van der Waals surface area (Å²) in [5.74, 6) is -0.823. The number of unbranched alkanes of at least 4 members (excludes halogenated alkanes) is 2. The van der Waals surface area contributed by atoms with Crippen molar-refractivity contribution in [3.05, 3.63) is 96.6 Å². The van der Waals surface area contributed by atoms with E-state index in [1.165, 1.54) is 0 Å². The molecule has 1 heterocycles. The molecule has 0 spiro atoms. The van der Waals surface area contributed by atoms with Crippen molar-refractivity contribution < 1.29 is 53.4 Å². The maximum absolute atomic E-state index is 14.6. The minimum absolute atomic E-state index is 0.00217. The molecule has 0 saturated heterocycles. The van der Waals surface area contributed by atoms with E-state index >= 15 is 0 Å². The Kier molecular flexibility index (Phi) is 18.7. The number of aliphatic hydroxyl groups excluding tert-OH is 3. The Morgan fingerprint density at radius 2 is 1.67 bits per heavy atom. The predicted molar refractivity (Wildman–Crippen MR) is 234 cm³/mol. The molecule has 336 valence electrons. The molecular weight excluding hydrogens is 781 g/mol. The lowest BCUT2D eigenvalue weighted by molar-refractivity contribution is -0.256. The molecule has 0 aromatic heterocycles. The summed E-state index contributed by atoms with van der Waals surface area (Å²) in [6, 6.07) is 14.8. The Bertz CT molecular complexity index is 1740. The lowest BCUT2D eigenvalue weighted by Gasteiger charge is -2.60. The lowest BCUT2D eigenvalue weighted by atomic mass is 9.55. The zero-order chi connectivity index (χ0) is 43.7. The third-order valence-corrected chi connectivity index (χ3v) is 11.3. The van der Waals surface area contributed by atoms with Gasteiger partial charge in [0.25, 0.3) is 0 Å². The first-order chi connectivity index (χ1) is 29.6. The highest BCUT2D eigenvalue weighted by atomic mass is 16.7. The van der Waals surface area contributed by atoms with E-state index in [-0.39, 0.29) is 83.6 Å². The summed E-state index contributed by atoms with van der Waals surface area (Å²) in [6.45, 7) is 14.9. The lowest BCUT2D eigenvalue weighted by Crippen LogP contribution is -2.70. The SMILES string of the molecule is C=CCOc1ccc2c(c1)C1C(CCCCO)C(CCCCO)C=C3C(=NOC(C)(C)C)CC(N(CCOCCO)C(=O)OCCOCc4ccccc4)C(OCC=C)(O2)C31. The van der Waals surface area contributed by atoms with Crippen LogP contribution in [0.5, 0.6) is 11.5 Å². The number of hydrogen-bond acceptors (Lipinski definition) is 12. The molecule has 0 radical (unpaired) electrons. The molecule has 1 aliphatic heterocycles. The Balaban J connectivity index is 1.67. The highest BCUT2D eigenvalue weighted by Gasteiger charge is 2.65. The first-order valence-corrected chi connectivity index (χ1v) is 21.8. The smallest absolute Gasteiger partial charge is 0.410 e. The van der Waals surface area contributed by atoms with Crippen LogP contribution in [0.2, 0.25) is 0 Å². The summed E-state index contributed by atoms with van der Waals surface area (Å²) < 4.78 is 38.0. The number of amides is 1. The third kappa shape index (κ3) is 12.7. The zero-order valence-electron chi connectivity index (χ0n) is 36.4. The Hall–Kier alpha value is -4.24. The second-order valence-electron chi connectivity index (χ2n) is 16.8. The molecule has 13 nitrogen and oxygen atoms in total. The minimum atomic E-state index is -1.48. The van der Waals surface area contributed by atoms with E-state index in [9.17, 15) is 20.1 Å². The molecule has 3 aliphatic rings. The Morgan fingerprint density at radius 1 is 0.918 bits per heavy atom. The predicted octanol–water partition coefficient (Wildman–Crippen LogP) is 7.35. The first kappa shape index (κ1) is 47.8. The van der Waals surface area contributed by atoms with Crippen molar-refractivity contribution in [2.24, 2.45) is 22.9 Å². The monoisotopic (exact) mass is 848 g/mol. The number of fused-ring (bicyclic) bond motifs is 2. The van der Waals surface area contributed by atoms with E-state index in [0.717, 1.165) is 42.4 Å². The number of nitrogens with zero attached hydrogens (tertiary/aromatic N) is 2. The summed E-state index contributed by atoms with van der Waals surface area (Å²) in [5.41, 5.74) is 2.92. The number of hydrogen-bond donors (Lipinski definition) is 3. The molecule has 3 N–H and O–H groups in total. The van der Waals surface area contributed by atoms with Crippen molar-refractivity contribution in [2.45, 2.75) is 95.7 Å². The van der Waals surface area contributed by atoms with Gasteiger partial charge in [-0.25, -0.2) is 4.79 Å². The van der Waals surface area contributed by atoms with Gasteiger partial charge in [0.2, 0.25) is 5.79 Å². The molecule has 1 amide bonds. The molecular formula is C48H68N2O11. The number of rotatable bonds is 26. The summed E-state index contributed by atoms with van der Waals surface area (Å²) in [5, 5.41) is 34.2. The molecule has 2 aromatic carbocycles. The van der Waals surface area contributed by atoms with Gasteiger partial charge in [0.1, 0.15) is 36.4 Å². The molecule has 61 heavy (non-hydrogen) atoms. The van der Waals surface area contributed by atoms with Crippen molar-refractivity contribution in [1.29, 1.82) is 0 Å².